The van der Waals surface area contributed by atoms with Gasteiger partial charge in [-0.05, 0) is 38.3 Å². The highest BCUT2D eigenvalue weighted by Gasteiger charge is 2.38. The molecule has 1 aromatic heterocycles. The van der Waals surface area contributed by atoms with Gasteiger partial charge in [-0.25, -0.2) is 0 Å². The second-order valence-corrected chi connectivity index (χ2v) is 7.20. The standard InChI is InChI=1S/C15H24N2OS/c1-3-13(16)15(14-7-4-10(2)19-14)17-8-11-5-6-12(9-17)18-11/h4,7,11-13,15H,3,5-6,8-9,16H2,1-2H3. The molecule has 0 saturated carbocycles. The van der Waals surface area contributed by atoms with Crippen LogP contribution in [-0.4, -0.2) is 36.2 Å². The number of ether oxygens (including phenoxy) is 1. The third-order valence-corrected chi connectivity index (χ3v) is 5.47. The molecular weight excluding hydrogens is 256 g/mol. The van der Waals surface area contributed by atoms with E-state index in [-0.39, 0.29) is 6.04 Å². The van der Waals surface area contributed by atoms with Crippen LogP contribution in [0.1, 0.15) is 42.0 Å². The first-order chi connectivity index (χ1) is 9.17. The Kier molecular flexibility index (Phi) is 3.94. The molecule has 3 nitrogen and oxygen atoms in total. The first kappa shape index (κ1) is 13.6. The third kappa shape index (κ3) is 2.72. The van der Waals surface area contributed by atoms with E-state index in [2.05, 4.69) is 30.9 Å². The lowest BCUT2D eigenvalue weighted by Crippen LogP contribution is -2.49. The summed E-state index contributed by atoms with van der Waals surface area (Å²) in [6.45, 7) is 6.45. The van der Waals surface area contributed by atoms with Gasteiger partial charge in [0.15, 0.2) is 0 Å². The van der Waals surface area contributed by atoms with Gasteiger partial charge >= 0.3 is 0 Å². The molecule has 3 rings (SSSR count). The number of hydrogen-bond acceptors (Lipinski definition) is 4. The predicted molar refractivity (Wildman–Crippen MR) is 79.5 cm³/mol. The van der Waals surface area contributed by atoms with Gasteiger partial charge in [-0.15, -0.1) is 11.3 Å². The summed E-state index contributed by atoms with van der Waals surface area (Å²) in [6, 6.07) is 5.06. The molecule has 2 aliphatic rings. The number of thiophene rings is 1. The molecule has 4 atom stereocenters. The lowest BCUT2D eigenvalue weighted by molar-refractivity contribution is -0.0563. The fourth-order valence-corrected chi connectivity index (χ4v) is 4.46. The Morgan fingerprint density at radius 3 is 2.58 bits per heavy atom. The van der Waals surface area contributed by atoms with Crippen molar-refractivity contribution in [3.05, 3.63) is 21.9 Å². The lowest BCUT2D eigenvalue weighted by Gasteiger charge is -2.40. The van der Waals surface area contributed by atoms with Gasteiger partial charge < -0.3 is 10.5 Å². The van der Waals surface area contributed by atoms with E-state index in [9.17, 15) is 0 Å². The third-order valence-electron chi connectivity index (χ3n) is 4.39. The Bertz CT molecular complexity index is 422. The van der Waals surface area contributed by atoms with E-state index < -0.39 is 0 Å². The molecule has 4 heteroatoms. The highest BCUT2D eigenvalue weighted by Crippen LogP contribution is 2.36. The molecule has 0 radical (unpaired) electrons. The Morgan fingerprint density at radius 2 is 2.05 bits per heavy atom. The molecule has 19 heavy (non-hydrogen) atoms. The maximum absolute atomic E-state index is 6.42. The van der Waals surface area contributed by atoms with Crippen molar-refractivity contribution in [1.29, 1.82) is 0 Å². The van der Waals surface area contributed by atoms with Gasteiger partial charge in [0.2, 0.25) is 0 Å². The first-order valence-electron chi connectivity index (χ1n) is 7.38. The molecule has 0 aromatic carbocycles. The summed E-state index contributed by atoms with van der Waals surface area (Å²) >= 11 is 1.89. The molecule has 0 spiro atoms. The summed E-state index contributed by atoms with van der Waals surface area (Å²) in [5.74, 6) is 0. The zero-order valence-electron chi connectivity index (χ0n) is 11.8. The Balaban J connectivity index is 1.83. The van der Waals surface area contributed by atoms with Crippen LogP contribution >= 0.6 is 11.3 Å². The second-order valence-electron chi connectivity index (χ2n) is 5.88. The smallest absolute Gasteiger partial charge is 0.0707 e. The minimum absolute atomic E-state index is 0.218. The molecule has 1 aromatic rings. The van der Waals surface area contributed by atoms with Gasteiger partial charge in [0.1, 0.15) is 0 Å². The van der Waals surface area contributed by atoms with Crippen LogP contribution in [0.15, 0.2) is 12.1 Å². The van der Waals surface area contributed by atoms with Crippen LogP contribution < -0.4 is 5.73 Å². The minimum atomic E-state index is 0.218. The predicted octanol–water partition coefficient (Wildman–Crippen LogP) is 2.70. The van der Waals surface area contributed by atoms with E-state index >= 15 is 0 Å². The van der Waals surface area contributed by atoms with Crippen LogP contribution in [0, 0.1) is 6.92 Å². The van der Waals surface area contributed by atoms with Crippen molar-refractivity contribution in [3.8, 4) is 0 Å². The number of nitrogens with zero attached hydrogens (tertiary/aromatic N) is 1. The van der Waals surface area contributed by atoms with E-state index in [4.69, 9.17) is 10.5 Å². The molecule has 4 unspecified atom stereocenters. The van der Waals surface area contributed by atoms with E-state index in [1.807, 2.05) is 11.3 Å². The summed E-state index contributed by atoms with van der Waals surface area (Å²) in [6.07, 6.45) is 4.34. The van der Waals surface area contributed by atoms with Gasteiger partial charge in [0.05, 0.1) is 18.2 Å². The molecule has 2 fully saturated rings. The molecule has 2 bridgehead atoms. The second kappa shape index (κ2) is 5.52. The SMILES string of the molecule is CCC(N)C(c1ccc(C)s1)N1CC2CCC(C1)O2. The van der Waals surface area contributed by atoms with E-state index in [1.165, 1.54) is 22.6 Å². The number of hydrogen-bond donors (Lipinski definition) is 1. The van der Waals surface area contributed by atoms with Crippen LogP contribution in [-0.2, 0) is 4.74 Å². The van der Waals surface area contributed by atoms with E-state index in [1.54, 1.807) is 0 Å². The Morgan fingerprint density at radius 1 is 1.37 bits per heavy atom. The molecular formula is C15H24N2OS. The summed E-state index contributed by atoms with van der Waals surface area (Å²) in [7, 11) is 0. The highest BCUT2D eigenvalue weighted by molar-refractivity contribution is 7.12. The zero-order chi connectivity index (χ0) is 13.4. The molecule has 0 aliphatic carbocycles. The fourth-order valence-electron chi connectivity index (χ4n) is 3.37. The Hall–Kier alpha value is -0.420. The zero-order valence-corrected chi connectivity index (χ0v) is 12.7. The molecule has 0 amide bonds. The van der Waals surface area contributed by atoms with E-state index in [0.29, 0.717) is 18.2 Å². The summed E-state index contributed by atoms with van der Waals surface area (Å²) in [5, 5.41) is 0. The van der Waals surface area contributed by atoms with Gasteiger partial charge in [-0.3, -0.25) is 4.90 Å². The molecule has 3 heterocycles. The van der Waals surface area contributed by atoms with E-state index in [0.717, 1.165) is 19.5 Å². The first-order valence-corrected chi connectivity index (χ1v) is 8.20. The monoisotopic (exact) mass is 280 g/mol. The van der Waals surface area contributed by atoms with Crippen LogP contribution in [0.25, 0.3) is 0 Å². The maximum Gasteiger partial charge on any atom is 0.0707 e. The normalized spacial score (nSPS) is 30.5. The number of nitrogens with two attached hydrogens (primary N) is 1. The molecule has 106 valence electrons. The average Bonchev–Trinajstić information content (AvgIpc) is 2.96. The molecule has 2 N–H and O–H groups in total. The highest BCUT2D eigenvalue weighted by atomic mass is 32.1. The fraction of sp³-hybridized carbons (Fsp3) is 0.733. The van der Waals surface area contributed by atoms with Crippen LogP contribution in [0.4, 0.5) is 0 Å². The van der Waals surface area contributed by atoms with Crippen molar-refractivity contribution in [2.24, 2.45) is 5.73 Å². The van der Waals surface area contributed by atoms with Gasteiger partial charge in [0.25, 0.3) is 0 Å². The van der Waals surface area contributed by atoms with Crippen molar-refractivity contribution in [2.45, 2.75) is 57.4 Å². The molecule has 2 aliphatic heterocycles. The number of aryl methyl sites for hydroxylation is 1. The van der Waals surface area contributed by atoms with Crippen molar-refractivity contribution >= 4 is 11.3 Å². The number of morpholine rings is 1. The maximum atomic E-state index is 6.42. The summed E-state index contributed by atoms with van der Waals surface area (Å²) in [4.78, 5) is 5.37. The average molecular weight is 280 g/mol. The number of rotatable bonds is 4. The molecule has 2 saturated heterocycles. The number of fused-ring (bicyclic) bond motifs is 2. The van der Waals surface area contributed by atoms with Crippen molar-refractivity contribution in [1.82, 2.24) is 4.90 Å². The van der Waals surface area contributed by atoms with Crippen LogP contribution in [0.5, 0.6) is 0 Å². The van der Waals surface area contributed by atoms with Gasteiger partial charge in [-0.1, -0.05) is 6.92 Å². The van der Waals surface area contributed by atoms with Crippen molar-refractivity contribution < 1.29 is 4.74 Å². The van der Waals surface area contributed by atoms with Crippen molar-refractivity contribution in [2.75, 3.05) is 13.1 Å². The summed E-state index contributed by atoms with van der Waals surface area (Å²) < 4.78 is 5.95. The summed E-state index contributed by atoms with van der Waals surface area (Å²) in [5.41, 5.74) is 6.42. The number of likely N-dealkylation sites (tertiary alicyclic amines) is 1. The van der Waals surface area contributed by atoms with Crippen LogP contribution in [0.3, 0.4) is 0 Å². The van der Waals surface area contributed by atoms with Crippen molar-refractivity contribution in [3.63, 3.8) is 0 Å². The lowest BCUT2D eigenvalue weighted by atomic mass is 10.0. The quantitative estimate of drug-likeness (QED) is 0.921. The topological polar surface area (TPSA) is 38.5 Å². The minimum Gasteiger partial charge on any atom is -0.372 e. The largest absolute Gasteiger partial charge is 0.372 e. The Labute approximate surface area is 119 Å². The van der Waals surface area contributed by atoms with Gasteiger partial charge in [-0.2, -0.15) is 0 Å². The van der Waals surface area contributed by atoms with Gasteiger partial charge in [0, 0.05) is 28.9 Å². The van der Waals surface area contributed by atoms with Crippen LogP contribution in [0.2, 0.25) is 0 Å².